The number of aryl methyl sites for hydroxylation is 1. The molecule has 41 heavy (non-hydrogen) atoms. The van der Waals surface area contributed by atoms with Crippen LogP contribution in [-0.4, -0.2) is 61.5 Å². The molecule has 1 saturated heterocycles. The van der Waals surface area contributed by atoms with E-state index in [9.17, 15) is 22.8 Å². The number of nitrogens with one attached hydrogen (secondary N) is 1. The number of likely N-dealkylation sites (tertiary alicyclic amines) is 1. The number of fused-ring (bicyclic) bond motifs is 1. The normalized spacial score (nSPS) is 14.0. The van der Waals surface area contributed by atoms with E-state index in [1.54, 1.807) is 29.6 Å². The van der Waals surface area contributed by atoms with E-state index in [0.717, 1.165) is 60.0 Å². The predicted molar refractivity (Wildman–Crippen MR) is 157 cm³/mol. The minimum Gasteiger partial charge on any atom is -0.351 e. The summed E-state index contributed by atoms with van der Waals surface area (Å²) in [7, 11) is -3.76. The lowest BCUT2D eigenvalue weighted by molar-refractivity contribution is -0.116. The third-order valence-corrected chi connectivity index (χ3v) is 10.3. The van der Waals surface area contributed by atoms with Crippen LogP contribution in [0.5, 0.6) is 0 Å². The highest BCUT2D eigenvalue weighted by Gasteiger charge is 2.22. The molecule has 1 aliphatic heterocycles. The van der Waals surface area contributed by atoms with Crippen LogP contribution in [0.4, 0.5) is 4.39 Å². The van der Waals surface area contributed by atoms with Crippen molar-refractivity contribution in [2.45, 2.75) is 30.4 Å². The first-order valence-corrected chi connectivity index (χ1v) is 15.9. The van der Waals surface area contributed by atoms with Crippen LogP contribution >= 0.6 is 11.3 Å². The lowest BCUT2D eigenvalue weighted by atomic mass is 10.0. The Balaban J connectivity index is 1.41. The highest BCUT2D eigenvalue weighted by atomic mass is 32.2. The van der Waals surface area contributed by atoms with E-state index in [1.807, 2.05) is 6.92 Å². The molecule has 1 aliphatic rings. The van der Waals surface area contributed by atoms with Gasteiger partial charge in [-0.15, -0.1) is 11.3 Å². The van der Waals surface area contributed by atoms with Crippen LogP contribution < -0.4 is 10.9 Å². The second-order valence-corrected chi connectivity index (χ2v) is 13.4. The summed E-state index contributed by atoms with van der Waals surface area (Å²) < 4.78 is 41.5. The molecule has 3 heterocycles. The second-order valence-electron chi connectivity index (χ2n) is 10.3. The number of rotatable bonds is 10. The smallest absolute Gasteiger partial charge is 0.263 e. The van der Waals surface area contributed by atoms with E-state index in [2.05, 4.69) is 10.2 Å². The van der Waals surface area contributed by atoms with Crippen molar-refractivity contribution < 1.29 is 22.4 Å². The number of pyridine rings is 1. The molecule has 0 unspecified atom stereocenters. The van der Waals surface area contributed by atoms with Crippen molar-refractivity contribution >= 4 is 43.6 Å². The summed E-state index contributed by atoms with van der Waals surface area (Å²) in [5.74, 6) is -2.39. The number of hydrogen-bond donors (Lipinski definition) is 1. The van der Waals surface area contributed by atoms with Crippen molar-refractivity contribution in [1.29, 1.82) is 0 Å². The molecule has 0 spiro atoms. The van der Waals surface area contributed by atoms with Crippen molar-refractivity contribution in [3.05, 3.63) is 93.0 Å². The van der Waals surface area contributed by atoms with Gasteiger partial charge in [-0.3, -0.25) is 19.0 Å². The molecule has 214 valence electrons. The minimum atomic E-state index is -3.76. The lowest BCUT2D eigenvalue weighted by Crippen LogP contribution is -2.34. The highest BCUT2D eigenvalue weighted by molar-refractivity contribution is 7.94. The summed E-state index contributed by atoms with van der Waals surface area (Å²) in [4.78, 5) is 41.5. The Labute approximate surface area is 241 Å². The van der Waals surface area contributed by atoms with Crippen LogP contribution in [0.15, 0.2) is 69.1 Å². The molecule has 2 aromatic heterocycles. The third kappa shape index (κ3) is 6.47. The van der Waals surface area contributed by atoms with Gasteiger partial charge in [0.1, 0.15) is 15.8 Å². The minimum absolute atomic E-state index is 0.0778. The zero-order chi connectivity index (χ0) is 29.1. The maximum absolute atomic E-state index is 15.4. The summed E-state index contributed by atoms with van der Waals surface area (Å²) in [6.07, 6.45) is 3.37. The Bertz CT molecular complexity index is 1780. The van der Waals surface area contributed by atoms with Crippen LogP contribution in [0.2, 0.25) is 0 Å². The fourth-order valence-electron chi connectivity index (χ4n) is 5.10. The van der Waals surface area contributed by atoms with E-state index in [1.165, 1.54) is 24.4 Å². The number of ketones is 1. The average molecular weight is 596 g/mol. The number of thiophene rings is 1. The molecule has 2 aromatic carbocycles. The predicted octanol–water partition coefficient (Wildman–Crippen LogP) is 3.91. The molecule has 1 N–H and O–H groups in total. The summed E-state index contributed by atoms with van der Waals surface area (Å²) in [6, 6.07) is 12.2. The SMILES string of the molecule is Cc1ccc2c(=O)n(-c3ccc(CC(=O)CS(=O)(=O)c4cccs4)cc3F)cc(C(=O)NCCN3CCCC3)c2c1. The van der Waals surface area contributed by atoms with E-state index >= 15 is 4.39 Å². The van der Waals surface area contributed by atoms with E-state index in [0.29, 0.717) is 11.9 Å². The number of benzene rings is 2. The Hall–Kier alpha value is -3.67. The number of nitrogens with zero attached hydrogens (tertiary/aromatic N) is 2. The summed E-state index contributed by atoms with van der Waals surface area (Å²) >= 11 is 1.03. The average Bonchev–Trinajstić information content (AvgIpc) is 3.64. The zero-order valence-electron chi connectivity index (χ0n) is 22.6. The quantitative estimate of drug-likeness (QED) is 0.298. The van der Waals surface area contributed by atoms with Crippen molar-refractivity contribution in [2.75, 3.05) is 31.9 Å². The van der Waals surface area contributed by atoms with Gasteiger partial charge < -0.3 is 10.2 Å². The zero-order valence-corrected chi connectivity index (χ0v) is 24.2. The fraction of sp³-hybridized carbons (Fsp3) is 0.300. The van der Waals surface area contributed by atoms with Gasteiger partial charge in [0.15, 0.2) is 15.6 Å². The molecule has 1 fully saturated rings. The molecule has 0 radical (unpaired) electrons. The van der Waals surface area contributed by atoms with Crippen LogP contribution in [0.3, 0.4) is 0 Å². The first-order valence-electron chi connectivity index (χ1n) is 13.4. The number of carbonyl (C=O) groups excluding carboxylic acids is 2. The summed E-state index contributed by atoms with van der Waals surface area (Å²) in [6.45, 7) is 5.06. The van der Waals surface area contributed by atoms with Gasteiger partial charge in [0.2, 0.25) is 0 Å². The number of amides is 1. The maximum atomic E-state index is 15.4. The molecule has 1 amide bonds. The number of carbonyl (C=O) groups is 2. The molecular formula is C30H30FN3O5S2. The number of Topliss-reactive ketones (excluding diaryl/α,β-unsaturated/α-hetero) is 1. The van der Waals surface area contributed by atoms with Crippen LogP contribution in [0, 0.1) is 12.7 Å². The first kappa shape index (κ1) is 28.8. The molecule has 0 atom stereocenters. The Morgan fingerprint density at radius 3 is 2.54 bits per heavy atom. The molecular weight excluding hydrogens is 565 g/mol. The first-order chi connectivity index (χ1) is 19.6. The number of hydrogen-bond acceptors (Lipinski definition) is 7. The van der Waals surface area contributed by atoms with E-state index in [-0.39, 0.29) is 38.7 Å². The van der Waals surface area contributed by atoms with Crippen LogP contribution in [0.25, 0.3) is 16.5 Å². The fourth-order valence-corrected chi connectivity index (χ4v) is 7.43. The lowest BCUT2D eigenvalue weighted by Gasteiger charge is -2.16. The van der Waals surface area contributed by atoms with E-state index in [4.69, 9.17) is 0 Å². The van der Waals surface area contributed by atoms with Gasteiger partial charge in [-0.25, -0.2) is 12.8 Å². The van der Waals surface area contributed by atoms with Crippen molar-refractivity contribution in [1.82, 2.24) is 14.8 Å². The summed E-state index contributed by atoms with van der Waals surface area (Å²) in [5, 5.41) is 5.31. The van der Waals surface area contributed by atoms with Gasteiger partial charge in [0.25, 0.3) is 11.5 Å². The largest absolute Gasteiger partial charge is 0.351 e. The number of aromatic nitrogens is 1. The Morgan fingerprint density at radius 1 is 1.05 bits per heavy atom. The van der Waals surface area contributed by atoms with Gasteiger partial charge in [0.05, 0.1) is 11.3 Å². The molecule has 5 rings (SSSR count). The van der Waals surface area contributed by atoms with Crippen molar-refractivity contribution in [3.8, 4) is 5.69 Å². The Morgan fingerprint density at radius 2 is 1.83 bits per heavy atom. The molecule has 0 aliphatic carbocycles. The Kier molecular flexibility index (Phi) is 8.48. The third-order valence-electron chi connectivity index (χ3n) is 7.16. The highest BCUT2D eigenvalue weighted by Crippen LogP contribution is 2.22. The van der Waals surface area contributed by atoms with Gasteiger partial charge in [-0.05, 0) is 68.1 Å². The van der Waals surface area contributed by atoms with Gasteiger partial charge in [0, 0.05) is 36.5 Å². The molecule has 0 bridgehead atoms. The topological polar surface area (TPSA) is 106 Å². The van der Waals surface area contributed by atoms with Crippen molar-refractivity contribution in [2.24, 2.45) is 0 Å². The molecule has 4 aromatic rings. The molecule has 11 heteroatoms. The van der Waals surface area contributed by atoms with Crippen molar-refractivity contribution in [3.63, 3.8) is 0 Å². The van der Waals surface area contributed by atoms with Gasteiger partial charge in [-0.1, -0.05) is 29.8 Å². The van der Waals surface area contributed by atoms with Crippen LogP contribution in [0.1, 0.15) is 34.3 Å². The standard InChI is InChI=1S/C30H30FN3O5S2/c1-20-6-8-23-24(15-20)25(29(36)32-10-13-33-11-2-3-12-33)18-34(30(23)37)27-9-7-21(17-26(27)31)16-22(35)19-41(38,39)28-5-4-14-40-28/h4-9,14-15,17-18H,2-3,10-13,16,19H2,1H3,(H,32,36). The number of halogens is 1. The van der Waals surface area contributed by atoms with Crippen LogP contribution in [-0.2, 0) is 21.1 Å². The van der Waals surface area contributed by atoms with Gasteiger partial charge in [-0.2, -0.15) is 0 Å². The maximum Gasteiger partial charge on any atom is 0.263 e. The molecule has 8 nitrogen and oxygen atoms in total. The monoisotopic (exact) mass is 595 g/mol. The second kappa shape index (κ2) is 12.1. The molecule has 0 saturated carbocycles. The van der Waals surface area contributed by atoms with Gasteiger partial charge >= 0.3 is 0 Å². The number of sulfone groups is 1. The summed E-state index contributed by atoms with van der Waals surface area (Å²) in [5.41, 5.74) is 0.843. The van der Waals surface area contributed by atoms with E-state index < -0.39 is 32.7 Å².